The standard InChI is InChI=1S/C22H25N3O5/c1-2-13-29-17-7-5-16(6-8-17)25-20(26)15-18(21(25)27)23-9-11-24(12-10-23)22(28)19-4-3-14-30-19/h3-8,14,18H,2,9-13,15H2,1H3/p+1/t18-/m1/s1. The highest BCUT2D eigenvalue weighted by Gasteiger charge is 2.46. The Balaban J connectivity index is 1.38. The van der Waals surface area contributed by atoms with Gasteiger partial charge in [-0.25, -0.2) is 4.90 Å². The number of piperazine rings is 1. The van der Waals surface area contributed by atoms with E-state index in [9.17, 15) is 14.4 Å². The lowest BCUT2D eigenvalue weighted by Crippen LogP contribution is -3.19. The molecule has 0 unspecified atom stereocenters. The normalized spacial score (nSPS) is 20.1. The van der Waals surface area contributed by atoms with Crippen LogP contribution in [-0.2, 0) is 9.59 Å². The largest absolute Gasteiger partial charge is 0.494 e. The van der Waals surface area contributed by atoms with Crippen molar-refractivity contribution in [3.63, 3.8) is 0 Å². The summed E-state index contributed by atoms with van der Waals surface area (Å²) in [7, 11) is 0. The lowest BCUT2D eigenvalue weighted by atomic mass is 10.1. The number of ether oxygens (including phenoxy) is 1. The zero-order valence-electron chi connectivity index (χ0n) is 17.0. The van der Waals surface area contributed by atoms with Crippen LogP contribution in [0.3, 0.4) is 0 Å². The number of rotatable bonds is 6. The summed E-state index contributed by atoms with van der Waals surface area (Å²) in [5, 5.41) is 0. The summed E-state index contributed by atoms with van der Waals surface area (Å²) >= 11 is 0. The molecule has 1 aromatic heterocycles. The third-order valence-corrected chi connectivity index (χ3v) is 5.63. The van der Waals surface area contributed by atoms with E-state index in [4.69, 9.17) is 9.15 Å². The van der Waals surface area contributed by atoms with Gasteiger partial charge in [0.2, 0.25) is 5.91 Å². The molecule has 3 heterocycles. The molecule has 2 fully saturated rings. The van der Waals surface area contributed by atoms with Crippen molar-refractivity contribution >= 4 is 23.4 Å². The molecule has 0 bridgehead atoms. The van der Waals surface area contributed by atoms with Gasteiger partial charge in [0.25, 0.3) is 11.8 Å². The third-order valence-electron chi connectivity index (χ3n) is 5.63. The number of amides is 3. The topological polar surface area (TPSA) is 84.5 Å². The Hall–Kier alpha value is -3.13. The molecule has 0 saturated carbocycles. The molecular weight excluding hydrogens is 386 g/mol. The number of nitrogens with one attached hydrogen (secondary N) is 1. The molecule has 2 aromatic rings. The minimum atomic E-state index is -0.408. The molecule has 2 aliphatic rings. The molecule has 2 aliphatic heterocycles. The maximum absolute atomic E-state index is 13.0. The van der Waals surface area contributed by atoms with Crippen LogP contribution in [0.25, 0.3) is 0 Å². The number of carbonyl (C=O) groups excluding carboxylic acids is 3. The van der Waals surface area contributed by atoms with Crippen LogP contribution in [0, 0.1) is 0 Å². The first kappa shape index (κ1) is 20.2. The zero-order valence-corrected chi connectivity index (χ0v) is 17.0. The van der Waals surface area contributed by atoms with Crippen LogP contribution >= 0.6 is 0 Å². The highest BCUT2D eigenvalue weighted by molar-refractivity contribution is 6.21. The van der Waals surface area contributed by atoms with Crippen molar-refractivity contribution < 1.29 is 28.4 Å². The van der Waals surface area contributed by atoms with Crippen molar-refractivity contribution in [2.45, 2.75) is 25.8 Å². The van der Waals surface area contributed by atoms with Gasteiger partial charge in [0.05, 0.1) is 51.2 Å². The number of nitrogens with zero attached hydrogens (tertiary/aromatic N) is 2. The summed E-state index contributed by atoms with van der Waals surface area (Å²) in [5.41, 5.74) is 0.572. The molecule has 8 heteroatoms. The van der Waals surface area contributed by atoms with Gasteiger partial charge in [0, 0.05) is 0 Å². The van der Waals surface area contributed by atoms with E-state index in [1.165, 1.54) is 11.2 Å². The second-order valence-electron chi connectivity index (χ2n) is 7.59. The molecule has 0 radical (unpaired) electrons. The van der Waals surface area contributed by atoms with Gasteiger partial charge in [0.15, 0.2) is 11.8 Å². The van der Waals surface area contributed by atoms with Crippen molar-refractivity contribution in [1.82, 2.24) is 4.90 Å². The summed E-state index contributed by atoms with van der Waals surface area (Å²) in [5.74, 6) is 0.541. The zero-order chi connectivity index (χ0) is 21.1. The van der Waals surface area contributed by atoms with E-state index < -0.39 is 6.04 Å². The van der Waals surface area contributed by atoms with E-state index in [-0.39, 0.29) is 24.1 Å². The number of benzene rings is 1. The Kier molecular flexibility index (Phi) is 5.85. The van der Waals surface area contributed by atoms with Crippen molar-refractivity contribution in [1.29, 1.82) is 0 Å². The molecule has 0 aliphatic carbocycles. The number of anilines is 1. The monoisotopic (exact) mass is 412 g/mol. The Labute approximate surface area is 175 Å². The second-order valence-corrected chi connectivity index (χ2v) is 7.59. The van der Waals surface area contributed by atoms with E-state index in [2.05, 4.69) is 0 Å². The summed E-state index contributed by atoms with van der Waals surface area (Å²) in [4.78, 5) is 42.1. The number of quaternary nitrogens is 1. The summed E-state index contributed by atoms with van der Waals surface area (Å²) in [6.07, 6.45) is 2.58. The molecule has 8 nitrogen and oxygen atoms in total. The van der Waals surface area contributed by atoms with E-state index in [1.807, 2.05) is 6.92 Å². The van der Waals surface area contributed by atoms with E-state index in [0.29, 0.717) is 44.2 Å². The molecular formula is C22H26N3O5+. The summed E-state index contributed by atoms with van der Waals surface area (Å²) in [6, 6.07) is 9.99. The fraction of sp³-hybridized carbons (Fsp3) is 0.409. The first-order valence-corrected chi connectivity index (χ1v) is 10.4. The van der Waals surface area contributed by atoms with Gasteiger partial charge in [0.1, 0.15) is 5.75 Å². The molecule has 1 aromatic carbocycles. The average Bonchev–Trinajstić information content (AvgIpc) is 3.41. The van der Waals surface area contributed by atoms with Crippen LogP contribution in [0.5, 0.6) is 5.75 Å². The number of hydrogen-bond acceptors (Lipinski definition) is 5. The fourth-order valence-corrected chi connectivity index (χ4v) is 4.04. The van der Waals surface area contributed by atoms with Crippen LogP contribution in [0.15, 0.2) is 47.1 Å². The molecule has 1 N–H and O–H groups in total. The van der Waals surface area contributed by atoms with E-state index >= 15 is 0 Å². The summed E-state index contributed by atoms with van der Waals surface area (Å²) in [6.45, 7) is 4.94. The Morgan fingerprint density at radius 2 is 1.90 bits per heavy atom. The van der Waals surface area contributed by atoms with Crippen molar-refractivity contribution in [3.8, 4) is 5.75 Å². The molecule has 30 heavy (non-hydrogen) atoms. The highest BCUT2D eigenvalue weighted by Crippen LogP contribution is 2.24. The van der Waals surface area contributed by atoms with Crippen LogP contribution in [0.2, 0.25) is 0 Å². The lowest BCUT2D eigenvalue weighted by Gasteiger charge is -2.34. The SMILES string of the molecule is CCCOc1ccc(N2C(=O)C[C@@H]([NH+]3CCN(C(=O)c4ccco4)CC3)C2=O)cc1. The lowest BCUT2D eigenvalue weighted by molar-refractivity contribution is -0.918. The number of imide groups is 1. The number of hydrogen-bond donors (Lipinski definition) is 1. The number of furan rings is 1. The minimum Gasteiger partial charge on any atom is -0.494 e. The molecule has 2 saturated heterocycles. The van der Waals surface area contributed by atoms with Crippen LogP contribution in [0.4, 0.5) is 5.69 Å². The minimum absolute atomic E-state index is 0.139. The smallest absolute Gasteiger partial charge is 0.292 e. The highest BCUT2D eigenvalue weighted by atomic mass is 16.5. The van der Waals surface area contributed by atoms with Gasteiger partial charge in [-0.3, -0.25) is 14.4 Å². The Morgan fingerprint density at radius 3 is 2.53 bits per heavy atom. The van der Waals surface area contributed by atoms with Gasteiger partial charge in [-0.15, -0.1) is 0 Å². The van der Waals surface area contributed by atoms with Gasteiger partial charge in [-0.2, -0.15) is 0 Å². The molecule has 1 atom stereocenters. The fourth-order valence-electron chi connectivity index (χ4n) is 4.04. The van der Waals surface area contributed by atoms with Crippen molar-refractivity contribution in [3.05, 3.63) is 48.4 Å². The number of carbonyl (C=O) groups is 3. The van der Waals surface area contributed by atoms with E-state index in [0.717, 1.165) is 17.1 Å². The van der Waals surface area contributed by atoms with Gasteiger partial charge >= 0.3 is 0 Å². The first-order chi connectivity index (χ1) is 14.6. The van der Waals surface area contributed by atoms with Gasteiger partial charge < -0.3 is 19.0 Å². The van der Waals surface area contributed by atoms with Crippen LogP contribution in [-0.4, -0.2) is 61.4 Å². The maximum Gasteiger partial charge on any atom is 0.292 e. The van der Waals surface area contributed by atoms with Crippen molar-refractivity contribution in [2.75, 3.05) is 37.7 Å². The summed E-state index contributed by atoms with van der Waals surface area (Å²) < 4.78 is 10.8. The Bertz CT molecular complexity index is 901. The van der Waals surface area contributed by atoms with Crippen LogP contribution < -0.4 is 14.5 Å². The quantitative estimate of drug-likeness (QED) is 0.708. The first-order valence-electron chi connectivity index (χ1n) is 10.4. The average molecular weight is 412 g/mol. The third kappa shape index (κ3) is 3.95. The van der Waals surface area contributed by atoms with Gasteiger partial charge in [-0.1, -0.05) is 6.92 Å². The second kappa shape index (κ2) is 8.71. The predicted molar refractivity (Wildman–Crippen MR) is 108 cm³/mol. The van der Waals surface area contributed by atoms with Crippen molar-refractivity contribution in [2.24, 2.45) is 0 Å². The molecule has 3 amide bonds. The molecule has 4 rings (SSSR count). The maximum atomic E-state index is 13.0. The van der Waals surface area contributed by atoms with E-state index in [1.54, 1.807) is 41.3 Å². The molecule has 0 spiro atoms. The Morgan fingerprint density at radius 1 is 1.17 bits per heavy atom. The molecule has 158 valence electrons. The van der Waals surface area contributed by atoms with Crippen LogP contribution in [0.1, 0.15) is 30.3 Å². The van der Waals surface area contributed by atoms with Gasteiger partial charge in [-0.05, 0) is 42.8 Å². The predicted octanol–water partition coefficient (Wildman–Crippen LogP) is 0.741.